The van der Waals surface area contributed by atoms with Crippen LogP contribution in [0.1, 0.15) is 17.0 Å². The van der Waals surface area contributed by atoms with Gasteiger partial charge in [0.05, 0.1) is 5.69 Å². The highest BCUT2D eigenvalue weighted by Gasteiger charge is 2.13. The Kier molecular flexibility index (Phi) is 3.27. The lowest BCUT2D eigenvalue weighted by atomic mass is 10.2. The van der Waals surface area contributed by atoms with Gasteiger partial charge in [0.15, 0.2) is 11.6 Å². The van der Waals surface area contributed by atoms with Crippen LogP contribution in [0, 0.1) is 31.3 Å². The second-order valence-electron chi connectivity index (χ2n) is 3.90. The van der Waals surface area contributed by atoms with E-state index in [-0.39, 0.29) is 12.2 Å². The van der Waals surface area contributed by atoms with Crippen LogP contribution in [-0.2, 0) is 6.54 Å². The van der Waals surface area contributed by atoms with E-state index >= 15 is 0 Å². The van der Waals surface area contributed by atoms with Crippen LogP contribution in [0.25, 0.3) is 0 Å². The maximum atomic E-state index is 13.4. The topological polar surface area (TPSA) is 38.1 Å². The predicted molar refractivity (Wildman–Crippen MR) is 59.6 cm³/mol. The van der Waals surface area contributed by atoms with Crippen molar-refractivity contribution in [3.05, 3.63) is 46.6 Å². The van der Waals surface area contributed by atoms with Crippen molar-refractivity contribution in [2.24, 2.45) is 0 Å². The molecule has 0 amide bonds. The van der Waals surface area contributed by atoms with Gasteiger partial charge in [0.2, 0.25) is 0 Å². The maximum absolute atomic E-state index is 13.4. The Balaban J connectivity index is 2.21. The van der Waals surface area contributed by atoms with E-state index in [1.54, 1.807) is 13.8 Å². The molecule has 0 fully saturated rings. The first-order valence-corrected chi connectivity index (χ1v) is 5.29. The summed E-state index contributed by atoms with van der Waals surface area (Å²) in [6, 6.07) is 1.25. The van der Waals surface area contributed by atoms with Crippen molar-refractivity contribution in [3.8, 4) is 0 Å². The fourth-order valence-corrected chi connectivity index (χ4v) is 1.64. The highest BCUT2D eigenvalue weighted by Crippen LogP contribution is 2.22. The molecule has 1 N–H and O–H groups in total. The molecule has 0 saturated heterocycles. The van der Waals surface area contributed by atoms with Crippen LogP contribution in [0.3, 0.4) is 0 Å². The van der Waals surface area contributed by atoms with E-state index in [9.17, 15) is 13.2 Å². The lowest BCUT2D eigenvalue weighted by Gasteiger charge is -2.08. The van der Waals surface area contributed by atoms with Crippen molar-refractivity contribution in [1.82, 2.24) is 5.16 Å². The Morgan fingerprint density at radius 3 is 2.28 bits per heavy atom. The molecule has 0 radical (unpaired) electrons. The number of anilines is 1. The summed E-state index contributed by atoms with van der Waals surface area (Å²) < 4.78 is 44.4. The third-order valence-corrected chi connectivity index (χ3v) is 2.63. The molecule has 1 aromatic carbocycles. The van der Waals surface area contributed by atoms with Crippen molar-refractivity contribution in [1.29, 1.82) is 0 Å². The molecule has 2 rings (SSSR count). The van der Waals surface area contributed by atoms with Crippen molar-refractivity contribution in [3.63, 3.8) is 0 Å². The maximum Gasteiger partial charge on any atom is 0.152 e. The quantitative estimate of drug-likeness (QED) is 0.915. The largest absolute Gasteiger partial charge is 0.376 e. The summed E-state index contributed by atoms with van der Waals surface area (Å²) >= 11 is 0. The van der Waals surface area contributed by atoms with Crippen LogP contribution < -0.4 is 5.32 Å². The van der Waals surface area contributed by atoms with E-state index in [2.05, 4.69) is 10.5 Å². The van der Waals surface area contributed by atoms with E-state index in [0.717, 1.165) is 5.56 Å². The molecule has 6 heteroatoms. The zero-order valence-electron chi connectivity index (χ0n) is 9.85. The van der Waals surface area contributed by atoms with Crippen LogP contribution in [0.15, 0.2) is 16.7 Å². The first kappa shape index (κ1) is 12.5. The molecule has 0 bridgehead atoms. The number of aromatic nitrogens is 1. The standard InChI is InChI=1S/C12H11F3N2O/c1-6-9(7(2)18-17-6)5-16-12-10(14)3-8(13)4-11(12)15/h3-4,16H,5H2,1-2H3. The zero-order chi connectivity index (χ0) is 13.3. The van der Waals surface area contributed by atoms with Gasteiger partial charge in [0.1, 0.15) is 17.3 Å². The fraction of sp³-hybridized carbons (Fsp3) is 0.250. The molecule has 1 aromatic heterocycles. The summed E-state index contributed by atoms with van der Waals surface area (Å²) in [7, 11) is 0. The Morgan fingerprint density at radius 1 is 1.17 bits per heavy atom. The average Bonchev–Trinajstić information content (AvgIpc) is 2.58. The molecule has 0 aliphatic rings. The number of benzene rings is 1. The second-order valence-corrected chi connectivity index (χ2v) is 3.90. The minimum Gasteiger partial charge on any atom is -0.376 e. The summed E-state index contributed by atoms with van der Waals surface area (Å²) in [6.07, 6.45) is 0. The van der Waals surface area contributed by atoms with Crippen LogP contribution in [-0.4, -0.2) is 5.16 Å². The fourth-order valence-electron chi connectivity index (χ4n) is 1.64. The van der Waals surface area contributed by atoms with E-state index < -0.39 is 17.5 Å². The van der Waals surface area contributed by atoms with E-state index in [1.807, 2.05) is 0 Å². The molecule has 96 valence electrons. The molecule has 3 nitrogen and oxygen atoms in total. The van der Waals surface area contributed by atoms with Gasteiger partial charge in [-0.05, 0) is 13.8 Å². The number of hydrogen-bond acceptors (Lipinski definition) is 3. The SMILES string of the molecule is Cc1noc(C)c1CNc1c(F)cc(F)cc1F. The lowest BCUT2D eigenvalue weighted by molar-refractivity contribution is 0.392. The van der Waals surface area contributed by atoms with Gasteiger partial charge in [-0.2, -0.15) is 0 Å². The van der Waals surface area contributed by atoms with Gasteiger partial charge in [0.25, 0.3) is 0 Å². The minimum atomic E-state index is -0.973. The summed E-state index contributed by atoms with van der Waals surface area (Å²) in [5, 5.41) is 6.30. The van der Waals surface area contributed by atoms with Gasteiger partial charge in [-0.25, -0.2) is 13.2 Å². The Hall–Kier alpha value is -1.98. The van der Waals surface area contributed by atoms with Gasteiger partial charge < -0.3 is 9.84 Å². The highest BCUT2D eigenvalue weighted by molar-refractivity contribution is 5.47. The van der Waals surface area contributed by atoms with E-state index in [1.165, 1.54) is 0 Å². The van der Waals surface area contributed by atoms with Crippen LogP contribution in [0.2, 0.25) is 0 Å². The molecule has 0 atom stereocenters. The van der Waals surface area contributed by atoms with E-state index in [0.29, 0.717) is 23.6 Å². The van der Waals surface area contributed by atoms with Gasteiger partial charge in [0, 0.05) is 24.2 Å². The van der Waals surface area contributed by atoms with Gasteiger partial charge in [-0.15, -0.1) is 0 Å². The van der Waals surface area contributed by atoms with Gasteiger partial charge in [-0.1, -0.05) is 5.16 Å². The molecule has 18 heavy (non-hydrogen) atoms. The van der Waals surface area contributed by atoms with Crippen molar-refractivity contribution >= 4 is 5.69 Å². The Bertz CT molecular complexity index is 538. The smallest absolute Gasteiger partial charge is 0.152 e. The highest BCUT2D eigenvalue weighted by atomic mass is 19.1. The first-order valence-electron chi connectivity index (χ1n) is 5.29. The van der Waals surface area contributed by atoms with Crippen molar-refractivity contribution in [2.75, 3.05) is 5.32 Å². The van der Waals surface area contributed by atoms with Crippen molar-refractivity contribution < 1.29 is 17.7 Å². The summed E-state index contributed by atoms with van der Waals surface area (Å²) in [6.45, 7) is 3.58. The van der Waals surface area contributed by atoms with Gasteiger partial charge >= 0.3 is 0 Å². The second kappa shape index (κ2) is 4.72. The molecular weight excluding hydrogens is 245 g/mol. The number of hydrogen-bond donors (Lipinski definition) is 1. The third-order valence-electron chi connectivity index (χ3n) is 2.63. The minimum absolute atomic E-state index is 0.153. The van der Waals surface area contributed by atoms with Gasteiger partial charge in [-0.3, -0.25) is 0 Å². The number of halogens is 3. The van der Waals surface area contributed by atoms with Crippen LogP contribution >= 0.6 is 0 Å². The number of nitrogens with one attached hydrogen (secondary N) is 1. The summed E-state index contributed by atoms with van der Waals surface area (Å²) in [5.41, 5.74) is 0.998. The average molecular weight is 256 g/mol. The monoisotopic (exact) mass is 256 g/mol. The summed E-state index contributed by atoms with van der Waals surface area (Å²) in [5.74, 6) is -2.32. The Morgan fingerprint density at radius 2 is 1.78 bits per heavy atom. The molecule has 1 heterocycles. The molecular formula is C12H11F3N2O. The molecule has 0 spiro atoms. The Labute approximate surface area is 102 Å². The zero-order valence-corrected chi connectivity index (χ0v) is 9.85. The molecule has 0 aliphatic heterocycles. The van der Waals surface area contributed by atoms with Crippen LogP contribution in [0.4, 0.5) is 18.9 Å². The normalized spacial score (nSPS) is 10.7. The summed E-state index contributed by atoms with van der Waals surface area (Å²) in [4.78, 5) is 0. The molecule has 0 unspecified atom stereocenters. The molecule has 2 aromatic rings. The molecule has 0 saturated carbocycles. The third kappa shape index (κ3) is 2.32. The van der Waals surface area contributed by atoms with E-state index in [4.69, 9.17) is 4.52 Å². The molecule has 0 aliphatic carbocycles. The van der Waals surface area contributed by atoms with Crippen molar-refractivity contribution in [2.45, 2.75) is 20.4 Å². The number of nitrogens with zero attached hydrogens (tertiary/aromatic N) is 1. The van der Waals surface area contributed by atoms with Crippen LogP contribution in [0.5, 0.6) is 0 Å². The predicted octanol–water partition coefficient (Wildman–Crippen LogP) is 3.32. The first-order chi connectivity index (χ1) is 8.49. The lowest BCUT2D eigenvalue weighted by Crippen LogP contribution is -2.05. The number of rotatable bonds is 3. The number of aryl methyl sites for hydroxylation is 2.